The van der Waals surface area contributed by atoms with Crippen molar-refractivity contribution < 1.29 is 21.1 Å². The van der Waals surface area contributed by atoms with Crippen molar-refractivity contribution in [1.82, 2.24) is 0 Å². The van der Waals surface area contributed by atoms with E-state index in [1.54, 1.807) is 0 Å². The summed E-state index contributed by atoms with van der Waals surface area (Å²) in [4.78, 5) is 19.2. The third-order valence-electron chi connectivity index (χ3n) is 0.516. The van der Waals surface area contributed by atoms with Crippen LogP contribution in [0.25, 0.3) is 0 Å². The maximum absolute atomic E-state index is 9.71. The van der Waals surface area contributed by atoms with E-state index in [0.29, 0.717) is 0 Å². The summed E-state index contributed by atoms with van der Waals surface area (Å²) in [7, 11) is 0. The third-order valence-corrected chi connectivity index (χ3v) is 2.68. The molecule has 1 heterocycles. The molecule has 0 aliphatic carbocycles. The van der Waals surface area contributed by atoms with E-state index < -0.39 is 22.4 Å². The van der Waals surface area contributed by atoms with E-state index in [-0.39, 0.29) is 5.09 Å². The van der Waals surface area contributed by atoms with Crippen molar-refractivity contribution in [3.05, 3.63) is 15.0 Å². The van der Waals surface area contributed by atoms with E-state index in [9.17, 15) is 15.0 Å². The second-order valence-electron chi connectivity index (χ2n) is 1.05. The van der Waals surface area contributed by atoms with E-state index in [1.807, 2.05) is 0 Å². The van der Waals surface area contributed by atoms with Crippen LogP contribution in [0.4, 0.5) is 0 Å². The van der Waals surface area contributed by atoms with E-state index in [1.165, 1.54) is 0 Å². The van der Waals surface area contributed by atoms with Gasteiger partial charge in [0, 0.05) is 0 Å². The van der Waals surface area contributed by atoms with Gasteiger partial charge in [-0.05, 0) is 0 Å². The van der Waals surface area contributed by atoms with Crippen molar-refractivity contribution in [3.8, 4) is 0 Å². The van der Waals surface area contributed by atoms with E-state index in [0.717, 1.165) is 0 Å². The quantitative estimate of drug-likeness (QED) is 0.312. The standard InChI is InChI=1S/Ga.2NO3/c;2*2-1(3)4/q+3;2*-1. The Morgan fingerprint density at radius 3 is 2.56 bits per heavy atom. The molecule has 0 radical (unpaired) electrons. The molecular formula is GaN2O6+. The second-order valence-corrected chi connectivity index (χ2v) is 3.59. The van der Waals surface area contributed by atoms with Crippen molar-refractivity contribution >= 4 is 17.3 Å². The summed E-state index contributed by atoms with van der Waals surface area (Å²) < 4.78 is 11.8. The molecule has 1 rings (SSSR count). The molecule has 0 aromatic heterocycles. The molecule has 48 valence electrons. The van der Waals surface area contributed by atoms with Crippen molar-refractivity contribution in [2.45, 2.75) is 0 Å². The fraction of sp³-hybridized carbons (Fsp3) is 0. The SMILES string of the molecule is O=[N+]([O-])[O][Ga]1[O][N+](=O)[O]1. The van der Waals surface area contributed by atoms with Gasteiger partial charge in [0.15, 0.2) is 0 Å². The van der Waals surface area contributed by atoms with Crippen LogP contribution in [0.2, 0.25) is 0 Å². The molecule has 0 N–H and O–H groups in total. The third kappa shape index (κ3) is 1.47. The van der Waals surface area contributed by atoms with Crippen LogP contribution in [0.3, 0.4) is 0 Å². The van der Waals surface area contributed by atoms with Crippen LogP contribution in [0.1, 0.15) is 0 Å². The summed E-state index contributed by atoms with van der Waals surface area (Å²) in [5.74, 6) is 0. The monoisotopic (exact) mass is 193 g/mol. The molecule has 8 nitrogen and oxygen atoms in total. The summed E-state index contributed by atoms with van der Waals surface area (Å²) in [6, 6.07) is 0. The zero-order chi connectivity index (χ0) is 6.85. The number of rotatable bonds is 2. The van der Waals surface area contributed by atoms with Gasteiger partial charge >= 0.3 is 53.4 Å². The molecule has 9 heavy (non-hydrogen) atoms. The summed E-state index contributed by atoms with van der Waals surface area (Å²) in [5, 5.41) is 8.20. The van der Waals surface area contributed by atoms with Gasteiger partial charge in [0.25, 0.3) is 0 Å². The summed E-state index contributed by atoms with van der Waals surface area (Å²) >= 11 is -3.12. The van der Waals surface area contributed by atoms with Crippen molar-refractivity contribution in [1.29, 1.82) is 0 Å². The topological polar surface area (TPSA) is 90.9 Å². The molecule has 0 spiro atoms. The molecule has 0 bridgehead atoms. The van der Waals surface area contributed by atoms with Crippen LogP contribution in [0.15, 0.2) is 0 Å². The first-order valence-electron chi connectivity index (χ1n) is 1.80. The van der Waals surface area contributed by atoms with Gasteiger partial charge in [0.05, 0.1) is 0 Å². The molecular weight excluding hydrogens is 194 g/mol. The van der Waals surface area contributed by atoms with Gasteiger partial charge in [-0.1, -0.05) is 0 Å². The van der Waals surface area contributed by atoms with E-state index >= 15 is 0 Å². The van der Waals surface area contributed by atoms with Crippen LogP contribution in [-0.4, -0.2) is 27.5 Å². The molecule has 0 atom stereocenters. The molecule has 1 saturated heterocycles. The molecule has 0 amide bonds. The van der Waals surface area contributed by atoms with Gasteiger partial charge in [0.1, 0.15) is 0 Å². The minimum absolute atomic E-state index is 0.214. The van der Waals surface area contributed by atoms with E-state index in [4.69, 9.17) is 0 Å². The first-order chi connectivity index (χ1) is 4.18. The number of hydrogen-bond donors (Lipinski definition) is 0. The van der Waals surface area contributed by atoms with Crippen molar-refractivity contribution in [3.63, 3.8) is 0 Å². The molecule has 0 aromatic carbocycles. The van der Waals surface area contributed by atoms with Crippen LogP contribution in [0, 0.1) is 15.0 Å². The Morgan fingerprint density at radius 2 is 2.22 bits per heavy atom. The Morgan fingerprint density at radius 1 is 1.67 bits per heavy atom. The first kappa shape index (κ1) is 6.16. The van der Waals surface area contributed by atoms with Gasteiger partial charge in [-0.2, -0.15) is 0 Å². The predicted octanol–water partition coefficient (Wildman–Crippen LogP) is -1.16. The molecule has 9 heteroatoms. The van der Waals surface area contributed by atoms with Crippen LogP contribution in [-0.2, 0) is 10.9 Å². The molecule has 0 aromatic rings. The summed E-state index contributed by atoms with van der Waals surface area (Å²) in [5.41, 5.74) is 0. The van der Waals surface area contributed by atoms with Gasteiger partial charge in [-0.3, -0.25) is 0 Å². The molecule has 0 saturated carbocycles. The Balaban J connectivity index is 2.18. The first-order valence-corrected chi connectivity index (χ1v) is 4.77. The normalized spacial score (nSPS) is 15.1. The summed E-state index contributed by atoms with van der Waals surface area (Å²) in [6.07, 6.45) is 0. The fourth-order valence-electron chi connectivity index (χ4n) is 0.257. The second kappa shape index (κ2) is 2.10. The van der Waals surface area contributed by atoms with E-state index in [2.05, 4.69) is 10.9 Å². The van der Waals surface area contributed by atoms with Gasteiger partial charge < -0.3 is 0 Å². The van der Waals surface area contributed by atoms with Crippen molar-refractivity contribution in [2.24, 2.45) is 0 Å². The van der Waals surface area contributed by atoms with Crippen LogP contribution < -0.4 is 0 Å². The van der Waals surface area contributed by atoms with Gasteiger partial charge in [0.2, 0.25) is 0 Å². The molecule has 1 aliphatic rings. The average Bonchev–Trinajstić information content (AvgIpc) is 1.60. The zero-order valence-electron chi connectivity index (χ0n) is 3.92. The van der Waals surface area contributed by atoms with Crippen LogP contribution >= 0.6 is 0 Å². The Hall–Kier alpha value is -0.964. The minimum atomic E-state index is -3.12. The molecule has 1 aliphatic heterocycles. The van der Waals surface area contributed by atoms with Gasteiger partial charge in [-0.25, -0.2) is 0 Å². The van der Waals surface area contributed by atoms with Crippen molar-refractivity contribution in [2.75, 3.05) is 0 Å². The summed E-state index contributed by atoms with van der Waals surface area (Å²) in [6.45, 7) is 0. The number of hydrogen-bond acceptors (Lipinski definition) is 6. The molecule has 1 fully saturated rings. The maximum atomic E-state index is 9.71. The molecule has 0 unspecified atom stereocenters. The van der Waals surface area contributed by atoms with Gasteiger partial charge in [-0.15, -0.1) is 0 Å². The Labute approximate surface area is 54.2 Å². The number of nitrogens with zero attached hydrogens (tertiary/aromatic N) is 2. The predicted molar refractivity (Wildman–Crippen MR) is 19.6 cm³/mol. The Kier molecular flexibility index (Phi) is 1.44. The van der Waals surface area contributed by atoms with Crippen LogP contribution in [0.5, 0.6) is 0 Å². The average molecular weight is 194 g/mol. The Bertz CT molecular complexity index is 145. The fourth-order valence-corrected chi connectivity index (χ4v) is 1.34. The zero-order valence-corrected chi connectivity index (χ0v) is 6.34.